The van der Waals surface area contributed by atoms with Crippen molar-refractivity contribution in [3.8, 4) is 11.4 Å². The van der Waals surface area contributed by atoms with E-state index in [1.54, 1.807) is 54.7 Å². The highest BCUT2D eigenvalue weighted by atomic mass is 19.1. The molecule has 4 aliphatic carbocycles. The van der Waals surface area contributed by atoms with Crippen molar-refractivity contribution < 1.29 is 19.1 Å². The molecular formula is C30H28FN5O3. The van der Waals surface area contributed by atoms with Crippen molar-refractivity contribution in [3.63, 3.8) is 0 Å². The van der Waals surface area contributed by atoms with Gasteiger partial charge in [0, 0.05) is 17.4 Å². The summed E-state index contributed by atoms with van der Waals surface area (Å²) in [4.78, 5) is 37.7. The number of rotatable bonds is 5. The Bertz CT molecular complexity index is 1600. The van der Waals surface area contributed by atoms with Crippen LogP contribution in [0, 0.1) is 23.1 Å². The lowest BCUT2D eigenvalue weighted by Crippen LogP contribution is -2.59. The summed E-state index contributed by atoms with van der Waals surface area (Å²) in [6, 6.07) is 14.8. The molecule has 4 atom stereocenters. The van der Waals surface area contributed by atoms with Gasteiger partial charge in [-0.15, -0.1) is 0 Å². The van der Waals surface area contributed by atoms with Crippen LogP contribution in [0.15, 0.2) is 60.8 Å². The molecule has 8 nitrogen and oxygen atoms in total. The molecule has 3 unspecified atom stereocenters. The van der Waals surface area contributed by atoms with E-state index in [2.05, 4.69) is 25.6 Å². The number of aromatic nitrogens is 3. The van der Waals surface area contributed by atoms with Gasteiger partial charge < -0.3 is 20.7 Å². The van der Waals surface area contributed by atoms with Crippen molar-refractivity contribution in [2.45, 2.75) is 44.1 Å². The molecule has 0 radical (unpaired) electrons. The molecule has 0 aliphatic heterocycles. The monoisotopic (exact) mass is 525 g/mol. The molecule has 2 heterocycles. The number of halogens is 1. The number of pyridine rings is 1. The maximum absolute atomic E-state index is 15.3. The summed E-state index contributed by atoms with van der Waals surface area (Å²) in [5, 5.41) is 16.7. The minimum atomic E-state index is -0.739. The number of anilines is 2. The first-order valence-corrected chi connectivity index (χ1v) is 13.3. The third-order valence-corrected chi connectivity index (χ3v) is 8.64. The van der Waals surface area contributed by atoms with Crippen LogP contribution in [-0.2, 0) is 4.79 Å². The molecule has 4 saturated carbocycles. The number of H-pyrrole nitrogens is 1. The van der Waals surface area contributed by atoms with Gasteiger partial charge in [-0.05, 0) is 98.9 Å². The van der Waals surface area contributed by atoms with E-state index in [0.717, 1.165) is 32.1 Å². The van der Waals surface area contributed by atoms with Gasteiger partial charge in [0.2, 0.25) is 5.91 Å². The summed E-state index contributed by atoms with van der Waals surface area (Å²) in [7, 11) is 0. The number of nitrogens with zero attached hydrogens (tertiary/aromatic N) is 2. The number of imidazole rings is 1. The van der Waals surface area contributed by atoms with Gasteiger partial charge >= 0.3 is 0 Å². The van der Waals surface area contributed by atoms with E-state index in [0.29, 0.717) is 52.2 Å². The molecule has 2 aromatic heterocycles. The number of hydrogen-bond acceptors (Lipinski definition) is 5. The molecule has 4 bridgehead atoms. The normalized spacial score (nSPS) is 27.0. The molecule has 8 rings (SSSR count). The first kappa shape index (κ1) is 24.0. The third kappa shape index (κ3) is 4.27. The largest absolute Gasteiger partial charge is 0.390 e. The second-order valence-corrected chi connectivity index (χ2v) is 11.6. The van der Waals surface area contributed by atoms with Crippen LogP contribution >= 0.6 is 0 Å². The van der Waals surface area contributed by atoms with Crippen LogP contribution in [-0.4, -0.2) is 37.5 Å². The average molecular weight is 526 g/mol. The molecule has 9 heteroatoms. The van der Waals surface area contributed by atoms with Gasteiger partial charge in [-0.25, -0.2) is 14.4 Å². The van der Waals surface area contributed by atoms with Gasteiger partial charge in [0.05, 0.1) is 27.6 Å². The predicted octanol–water partition coefficient (Wildman–Crippen LogP) is 5.29. The summed E-state index contributed by atoms with van der Waals surface area (Å²) >= 11 is 0. The van der Waals surface area contributed by atoms with Crippen molar-refractivity contribution in [1.29, 1.82) is 0 Å². The number of hydrogen-bond donors (Lipinski definition) is 4. The van der Waals surface area contributed by atoms with Gasteiger partial charge in [0.1, 0.15) is 17.5 Å². The first-order valence-electron chi connectivity index (χ1n) is 13.3. The second-order valence-electron chi connectivity index (χ2n) is 11.6. The zero-order chi connectivity index (χ0) is 26.8. The Balaban J connectivity index is 1.09. The molecule has 4 aliphatic rings. The summed E-state index contributed by atoms with van der Waals surface area (Å²) < 4.78 is 15.3. The van der Waals surface area contributed by atoms with Gasteiger partial charge in [0.15, 0.2) is 0 Å². The Hall–Kier alpha value is -4.11. The smallest absolute Gasteiger partial charge is 0.256 e. The van der Waals surface area contributed by atoms with Crippen LogP contribution in [0.4, 0.5) is 15.9 Å². The summed E-state index contributed by atoms with van der Waals surface area (Å²) in [6.45, 7) is 0. The SMILES string of the molecule is O=C(Nc1ccccn1)c1ccc2nc(-c3ccc(NC(=O)C45CC6C[C@H](CC(O)(C6)C4)C5)cc3F)[nH]c2c1. The van der Waals surface area contributed by atoms with Gasteiger partial charge in [-0.3, -0.25) is 9.59 Å². The molecule has 4 N–H and O–H groups in total. The predicted molar refractivity (Wildman–Crippen MR) is 144 cm³/mol. The van der Waals surface area contributed by atoms with Crippen molar-refractivity contribution in [2.75, 3.05) is 10.6 Å². The zero-order valence-corrected chi connectivity index (χ0v) is 21.2. The van der Waals surface area contributed by atoms with Crippen molar-refractivity contribution in [2.24, 2.45) is 17.3 Å². The molecule has 2 amide bonds. The van der Waals surface area contributed by atoms with E-state index >= 15 is 4.39 Å². The molecule has 4 aromatic rings. The molecule has 2 aromatic carbocycles. The van der Waals surface area contributed by atoms with Crippen LogP contribution < -0.4 is 10.6 Å². The summed E-state index contributed by atoms with van der Waals surface area (Å²) in [5.41, 5.74) is 0.924. The quantitative estimate of drug-likeness (QED) is 0.282. The summed E-state index contributed by atoms with van der Waals surface area (Å²) in [6.07, 6.45) is 6.33. The van der Waals surface area contributed by atoms with Crippen LogP contribution in [0.2, 0.25) is 0 Å². The third-order valence-electron chi connectivity index (χ3n) is 8.64. The van der Waals surface area contributed by atoms with Gasteiger partial charge in [-0.2, -0.15) is 0 Å². The zero-order valence-electron chi connectivity index (χ0n) is 21.2. The fourth-order valence-corrected chi connectivity index (χ4v) is 7.43. The van der Waals surface area contributed by atoms with Crippen molar-refractivity contribution in [1.82, 2.24) is 15.0 Å². The Labute approximate surface area is 224 Å². The van der Waals surface area contributed by atoms with E-state index < -0.39 is 16.8 Å². The topological polar surface area (TPSA) is 120 Å². The van der Waals surface area contributed by atoms with Gasteiger partial charge in [-0.1, -0.05) is 6.07 Å². The highest BCUT2D eigenvalue weighted by molar-refractivity contribution is 6.05. The molecule has 39 heavy (non-hydrogen) atoms. The van der Waals surface area contributed by atoms with E-state index in [4.69, 9.17) is 0 Å². The number of carbonyl (C=O) groups is 2. The number of benzene rings is 2. The maximum atomic E-state index is 15.3. The Kier molecular flexibility index (Phi) is 5.35. The van der Waals surface area contributed by atoms with Crippen molar-refractivity contribution >= 4 is 34.4 Å². The fourth-order valence-electron chi connectivity index (χ4n) is 7.43. The number of carbonyl (C=O) groups excluding carboxylic acids is 2. The lowest BCUT2D eigenvalue weighted by molar-refractivity contribution is -0.174. The van der Waals surface area contributed by atoms with Crippen molar-refractivity contribution in [3.05, 3.63) is 72.2 Å². The highest BCUT2D eigenvalue weighted by Gasteiger charge is 2.60. The average Bonchev–Trinajstić information content (AvgIpc) is 3.31. The molecule has 0 saturated heterocycles. The minimum absolute atomic E-state index is 0.123. The first-order chi connectivity index (χ1) is 18.8. The van der Waals surface area contributed by atoms with E-state index in [-0.39, 0.29) is 17.4 Å². The molecule has 198 valence electrons. The van der Waals surface area contributed by atoms with Crippen LogP contribution in [0.3, 0.4) is 0 Å². The van der Waals surface area contributed by atoms with Crippen LogP contribution in [0.1, 0.15) is 48.9 Å². The molecule has 4 fully saturated rings. The Morgan fingerprint density at radius 3 is 2.54 bits per heavy atom. The highest BCUT2D eigenvalue weighted by Crippen LogP contribution is 2.61. The maximum Gasteiger partial charge on any atom is 0.256 e. The summed E-state index contributed by atoms with van der Waals surface area (Å²) in [5.74, 6) is 0.578. The number of amides is 2. The number of nitrogens with one attached hydrogen (secondary N) is 3. The van der Waals surface area contributed by atoms with Crippen LogP contribution in [0.25, 0.3) is 22.4 Å². The molecule has 0 spiro atoms. The van der Waals surface area contributed by atoms with E-state index in [1.807, 2.05) is 0 Å². The second kappa shape index (κ2) is 8.71. The lowest BCUT2D eigenvalue weighted by atomic mass is 9.47. The fraction of sp³-hybridized carbons (Fsp3) is 0.333. The number of fused-ring (bicyclic) bond motifs is 1. The van der Waals surface area contributed by atoms with Crippen LogP contribution in [0.5, 0.6) is 0 Å². The minimum Gasteiger partial charge on any atom is -0.390 e. The number of aliphatic hydroxyl groups is 1. The number of aromatic amines is 1. The standard InChI is InChI=1S/C30H28FN5O3/c31-22-11-20(33-28(38)29-12-17-9-18(13-29)15-30(39,14-17)16-29)5-6-21(22)26-34-23-7-4-19(10-24(23)35-26)27(37)36-25-3-1-2-8-32-25/h1-8,10-11,17-18,39H,9,12-16H2,(H,33,38)(H,34,35)(H,32,36,37)/t17-,18?,29?,30?/m0/s1. The van der Waals surface area contributed by atoms with E-state index in [1.165, 1.54) is 6.07 Å². The molecular weight excluding hydrogens is 497 g/mol. The Morgan fingerprint density at radius 1 is 1.00 bits per heavy atom. The Morgan fingerprint density at radius 2 is 1.82 bits per heavy atom. The lowest BCUT2D eigenvalue weighted by Gasteiger charge is -2.59. The van der Waals surface area contributed by atoms with Gasteiger partial charge in [0.25, 0.3) is 5.91 Å². The van der Waals surface area contributed by atoms with E-state index in [9.17, 15) is 14.7 Å².